The van der Waals surface area contributed by atoms with Gasteiger partial charge in [-0.15, -0.1) is 0 Å². The van der Waals surface area contributed by atoms with Crippen LogP contribution in [0.3, 0.4) is 0 Å². The molecule has 2 aromatic rings. The fourth-order valence-electron chi connectivity index (χ4n) is 3.38. The highest BCUT2D eigenvalue weighted by atomic mass is 19.4. The fraction of sp³-hybridized carbons (Fsp3) is 0.400. The molecular weight excluding hydrogens is 341 g/mol. The summed E-state index contributed by atoms with van der Waals surface area (Å²) in [5.74, 6) is 0.776. The minimum absolute atomic E-state index is 0.137. The van der Waals surface area contributed by atoms with E-state index < -0.39 is 11.7 Å². The first-order valence-corrected chi connectivity index (χ1v) is 8.84. The predicted molar refractivity (Wildman–Crippen MR) is 95.3 cm³/mol. The van der Waals surface area contributed by atoms with Gasteiger partial charge in [-0.1, -0.05) is 30.3 Å². The first-order valence-electron chi connectivity index (χ1n) is 8.84. The van der Waals surface area contributed by atoms with Gasteiger partial charge in [-0.2, -0.15) is 13.2 Å². The number of hydrogen-bond acceptors (Lipinski definition) is 3. The number of para-hydroxylation sites is 1. The number of hydrogen-bond donors (Lipinski definition) is 1. The van der Waals surface area contributed by atoms with Gasteiger partial charge in [0.25, 0.3) is 0 Å². The highest BCUT2D eigenvalue weighted by Crippen LogP contribution is 2.36. The molecule has 2 aromatic carbocycles. The lowest BCUT2D eigenvalue weighted by molar-refractivity contribution is -0.137. The Kier molecular flexibility index (Phi) is 5.84. The molecule has 0 spiro atoms. The average molecular weight is 364 g/mol. The standard InChI is InChI=1S/C20H23F3N2O/c1-2-26-18-6-4-3-5-17(18)19(25-13-11-24-12-14-25)15-7-9-16(10-8-15)20(21,22)23/h3-10,19,24H,2,11-14H2,1H3. The van der Waals surface area contributed by atoms with E-state index in [1.807, 2.05) is 31.2 Å². The molecule has 140 valence electrons. The largest absolute Gasteiger partial charge is 0.494 e. The van der Waals surface area contributed by atoms with Crippen molar-refractivity contribution in [3.05, 3.63) is 65.2 Å². The lowest BCUT2D eigenvalue weighted by Crippen LogP contribution is -2.45. The topological polar surface area (TPSA) is 24.5 Å². The molecule has 1 N–H and O–H groups in total. The summed E-state index contributed by atoms with van der Waals surface area (Å²) in [6.45, 7) is 5.83. The van der Waals surface area contributed by atoms with E-state index >= 15 is 0 Å². The summed E-state index contributed by atoms with van der Waals surface area (Å²) in [5.41, 5.74) is 1.20. The molecule has 0 radical (unpaired) electrons. The molecule has 0 saturated carbocycles. The Labute approximate surface area is 151 Å². The summed E-state index contributed by atoms with van der Waals surface area (Å²) in [4.78, 5) is 2.29. The van der Waals surface area contributed by atoms with Crippen molar-refractivity contribution >= 4 is 0 Å². The van der Waals surface area contributed by atoms with Crippen molar-refractivity contribution in [2.24, 2.45) is 0 Å². The van der Waals surface area contributed by atoms with Crippen LogP contribution < -0.4 is 10.1 Å². The normalized spacial score (nSPS) is 17.1. The van der Waals surface area contributed by atoms with Crippen molar-refractivity contribution in [2.45, 2.75) is 19.1 Å². The zero-order valence-electron chi connectivity index (χ0n) is 14.7. The molecule has 1 saturated heterocycles. The van der Waals surface area contributed by atoms with Crippen LogP contribution in [0.1, 0.15) is 29.7 Å². The van der Waals surface area contributed by atoms with Gasteiger partial charge in [0.05, 0.1) is 18.2 Å². The molecule has 3 nitrogen and oxygen atoms in total. The second-order valence-electron chi connectivity index (χ2n) is 6.28. The van der Waals surface area contributed by atoms with E-state index in [0.717, 1.165) is 55.2 Å². The molecule has 1 aliphatic rings. The minimum Gasteiger partial charge on any atom is -0.494 e. The summed E-state index contributed by atoms with van der Waals surface area (Å²) in [5, 5.41) is 3.32. The number of nitrogens with zero attached hydrogens (tertiary/aromatic N) is 1. The lowest BCUT2D eigenvalue weighted by Gasteiger charge is -2.36. The van der Waals surface area contributed by atoms with Gasteiger partial charge in [0.1, 0.15) is 5.75 Å². The van der Waals surface area contributed by atoms with Crippen molar-refractivity contribution in [3.8, 4) is 5.75 Å². The van der Waals surface area contributed by atoms with Crippen LogP contribution in [0.25, 0.3) is 0 Å². The van der Waals surface area contributed by atoms with Gasteiger partial charge in [-0.25, -0.2) is 0 Å². The van der Waals surface area contributed by atoms with Crippen LogP contribution in [0.2, 0.25) is 0 Å². The molecule has 26 heavy (non-hydrogen) atoms. The molecule has 0 amide bonds. The van der Waals surface area contributed by atoms with Gasteiger partial charge in [0.15, 0.2) is 0 Å². The van der Waals surface area contributed by atoms with Gasteiger partial charge >= 0.3 is 6.18 Å². The molecule has 1 aliphatic heterocycles. The number of rotatable bonds is 5. The van der Waals surface area contributed by atoms with Crippen LogP contribution in [0, 0.1) is 0 Å². The van der Waals surface area contributed by atoms with E-state index in [1.54, 1.807) is 12.1 Å². The molecule has 6 heteroatoms. The Balaban J connectivity index is 2.01. The third-order valence-electron chi connectivity index (χ3n) is 4.58. The van der Waals surface area contributed by atoms with Crippen LogP contribution in [0.15, 0.2) is 48.5 Å². The first-order chi connectivity index (χ1) is 12.5. The summed E-state index contributed by atoms with van der Waals surface area (Å²) in [7, 11) is 0. The van der Waals surface area contributed by atoms with Crippen molar-refractivity contribution in [3.63, 3.8) is 0 Å². The van der Waals surface area contributed by atoms with Gasteiger partial charge < -0.3 is 10.1 Å². The highest BCUT2D eigenvalue weighted by Gasteiger charge is 2.31. The first kappa shape index (κ1) is 18.7. The average Bonchev–Trinajstić information content (AvgIpc) is 2.64. The van der Waals surface area contributed by atoms with Crippen LogP contribution in [0.5, 0.6) is 5.75 Å². The number of halogens is 3. The molecule has 0 bridgehead atoms. The van der Waals surface area contributed by atoms with Gasteiger partial charge in [-0.3, -0.25) is 4.90 Å². The number of piperazine rings is 1. The molecule has 1 heterocycles. The highest BCUT2D eigenvalue weighted by molar-refractivity contribution is 5.42. The molecule has 3 rings (SSSR count). The summed E-state index contributed by atoms with van der Waals surface area (Å²) in [6, 6.07) is 13.1. The lowest BCUT2D eigenvalue weighted by atomic mass is 9.94. The summed E-state index contributed by atoms with van der Waals surface area (Å²) >= 11 is 0. The Morgan fingerprint density at radius 1 is 1.04 bits per heavy atom. The van der Waals surface area contributed by atoms with Crippen LogP contribution in [0.4, 0.5) is 13.2 Å². The second kappa shape index (κ2) is 8.10. The molecule has 1 unspecified atom stereocenters. The molecule has 0 aliphatic carbocycles. The molecule has 1 atom stereocenters. The monoisotopic (exact) mass is 364 g/mol. The van der Waals surface area contributed by atoms with E-state index in [-0.39, 0.29) is 6.04 Å². The van der Waals surface area contributed by atoms with Crippen LogP contribution >= 0.6 is 0 Å². The third kappa shape index (κ3) is 4.19. The Morgan fingerprint density at radius 3 is 2.31 bits per heavy atom. The zero-order chi connectivity index (χ0) is 18.6. The quantitative estimate of drug-likeness (QED) is 0.865. The number of alkyl halides is 3. The molecule has 0 aromatic heterocycles. The molecule has 1 fully saturated rings. The number of ether oxygens (including phenoxy) is 1. The van der Waals surface area contributed by atoms with Gasteiger partial charge in [0, 0.05) is 31.7 Å². The number of nitrogens with one attached hydrogen (secondary N) is 1. The second-order valence-corrected chi connectivity index (χ2v) is 6.28. The Hall–Kier alpha value is -2.05. The van der Waals surface area contributed by atoms with Crippen molar-refractivity contribution in [2.75, 3.05) is 32.8 Å². The maximum Gasteiger partial charge on any atom is 0.416 e. The molecular formula is C20H23F3N2O. The van der Waals surface area contributed by atoms with Gasteiger partial charge in [-0.05, 0) is 30.7 Å². The predicted octanol–water partition coefficient (Wildman–Crippen LogP) is 4.10. The van der Waals surface area contributed by atoms with Crippen LogP contribution in [-0.2, 0) is 6.18 Å². The summed E-state index contributed by atoms with van der Waals surface area (Å²) < 4.78 is 44.6. The van der Waals surface area contributed by atoms with Crippen LogP contribution in [-0.4, -0.2) is 37.7 Å². The van der Waals surface area contributed by atoms with E-state index in [9.17, 15) is 13.2 Å². The maximum absolute atomic E-state index is 12.9. The van der Waals surface area contributed by atoms with E-state index in [1.165, 1.54) is 0 Å². The number of benzene rings is 2. The van der Waals surface area contributed by atoms with Crippen molar-refractivity contribution in [1.29, 1.82) is 0 Å². The summed E-state index contributed by atoms with van der Waals surface area (Å²) in [6.07, 6.45) is -4.33. The zero-order valence-corrected chi connectivity index (χ0v) is 14.7. The Bertz CT molecular complexity index is 710. The smallest absolute Gasteiger partial charge is 0.416 e. The Morgan fingerprint density at radius 2 is 1.69 bits per heavy atom. The van der Waals surface area contributed by atoms with Crippen molar-refractivity contribution < 1.29 is 17.9 Å². The fourth-order valence-corrected chi connectivity index (χ4v) is 3.38. The minimum atomic E-state index is -4.33. The van der Waals surface area contributed by atoms with E-state index in [0.29, 0.717) is 6.61 Å². The van der Waals surface area contributed by atoms with Gasteiger partial charge in [0.2, 0.25) is 0 Å². The maximum atomic E-state index is 12.9. The van der Waals surface area contributed by atoms with Crippen molar-refractivity contribution in [1.82, 2.24) is 10.2 Å². The van der Waals surface area contributed by atoms with E-state index in [2.05, 4.69) is 10.2 Å². The SMILES string of the molecule is CCOc1ccccc1C(c1ccc(C(F)(F)F)cc1)N1CCNCC1. The van der Waals surface area contributed by atoms with E-state index in [4.69, 9.17) is 4.74 Å². The third-order valence-corrected chi connectivity index (χ3v) is 4.58.